The maximum atomic E-state index is 10.8. The Morgan fingerprint density at radius 2 is 2.00 bits per heavy atom. The van der Waals surface area contributed by atoms with Crippen LogP contribution in [0.2, 0.25) is 0 Å². The van der Waals surface area contributed by atoms with Crippen molar-refractivity contribution >= 4 is 28.9 Å². The Balaban J connectivity index is 1.51. The van der Waals surface area contributed by atoms with E-state index in [-0.39, 0.29) is 31.0 Å². The maximum Gasteiger partial charge on any atom is 0.243 e. The minimum absolute atomic E-state index is 0.0640. The second-order valence-electron chi connectivity index (χ2n) is 5.48. The molecule has 1 aromatic carbocycles. The highest BCUT2D eigenvalue weighted by atomic mass is 32.1. The minimum atomic E-state index is -0.505. The monoisotopic (exact) mass is 337 g/mol. The van der Waals surface area contributed by atoms with Gasteiger partial charge in [0.2, 0.25) is 5.91 Å². The molecule has 23 heavy (non-hydrogen) atoms. The van der Waals surface area contributed by atoms with Crippen molar-refractivity contribution in [2.75, 3.05) is 25.1 Å². The summed E-state index contributed by atoms with van der Waals surface area (Å²) in [4.78, 5) is 10.8. The Morgan fingerprint density at radius 1 is 1.26 bits per heavy atom. The lowest BCUT2D eigenvalue weighted by Gasteiger charge is -2.19. The fraction of sp³-hybridized carbons (Fsp3) is 0.467. The van der Waals surface area contributed by atoms with Crippen LogP contribution in [0.3, 0.4) is 0 Å². The zero-order valence-electron chi connectivity index (χ0n) is 12.4. The van der Waals surface area contributed by atoms with Crippen LogP contribution in [0.1, 0.15) is 0 Å². The molecule has 1 amide bonds. The van der Waals surface area contributed by atoms with Crippen LogP contribution in [0.5, 0.6) is 0 Å². The van der Waals surface area contributed by atoms with Crippen molar-refractivity contribution < 1.29 is 19.0 Å². The largest absolute Gasteiger partial charge is 0.370 e. The third-order valence-corrected chi connectivity index (χ3v) is 4.02. The molecule has 8 heteroatoms. The van der Waals surface area contributed by atoms with E-state index in [1.54, 1.807) is 0 Å². The number of hydrogen-bond donors (Lipinski definition) is 3. The second-order valence-corrected chi connectivity index (χ2v) is 5.89. The molecule has 0 bridgehead atoms. The molecular weight excluding hydrogens is 318 g/mol. The van der Waals surface area contributed by atoms with Gasteiger partial charge in [0.1, 0.15) is 24.9 Å². The van der Waals surface area contributed by atoms with Gasteiger partial charge in [0.25, 0.3) is 0 Å². The molecule has 3 rings (SSSR count). The van der Waals surface area contributed by atoms with Crippen molar-refractivity contribution in [2.45, 2.75) is 24.4 Å². The van der Waals surface area contributed by atoms with E-state index in [1.807, 2.05) is 30.3 Å². The molecule has 1 aromatic rings. The Hall–Kier alpha value is -1.74. The minimum Gasteiger partial charge on any atom is -0.370 e. The molecule has 0 aromatic heterocycles. The number of carbonyl (C=O) groups is 1. The van der Waals surface area contributed by atoms with E-state index in [9.17, 15) is 4.79 Å². The van der Waals surface area contributed by atoms with Gasteiger partial charge in [-0.15, -0.1) is 0 Å². The molecular formula is C15H19N3O4S. The molecule has 124 valence electrons. The quantitative estimate of drug-likeness (QED) is 0.652. The van der Waals surface area contributed by atoms with E-state index < -0.39 is 5.91 Å². The fourth-order valence-corrected chi connectivity index (χ4v) is 3.05. The summed E-state index contributed by atoms with van der Waals surface area (Å²) in [5.74, 6) is -0.505. The van der Waals surface area contributed by atoms with Crippen LogP contribution in [0.4, 0.5) is 5.69 Å². The number of anilines is 1. The van der Waals surface area contributed by atoms with Gasteiger partial charge in [-0.1, -0.05) is 18.2 Å². The van der Waals surface area contributed by atoms with E-state index in [0.717, 1.165) is 5.69 Å². The van der Waals surface area contributed by atoms with Crippen molar-refractivity contribution in [1.29, 1.82) is 0 Å². The van der Waals surface area contributed by atoms with Crippen molar-refractivity contribution in [1.82, 2.24) is 5.32 Å². The number of nitrogens with one attached hydrogen (secondary N) is 2. The van der Waals surface area contributed by atoms with Gasteiger partial charge in [0.05, 0.1) is 19.3 Å². The van der Waals surface area contributed by atoms with Gasteiger partial charge in [-0.25, -0.2) is 0 Å². The summed E-state index contributed by atoms with van der Waals surface area (Å²) in [7, 11) is 0. The van der Waals surface area contributed by atoms with Crippen LogP contribution in [0, 0.1) is 0 Å². The van der Waals surface area contributed by atoms with Gasteiger partial charge in [-0.05, 0) is 24.4 Å². The number of nitrogens with two attached hydrogens (primary N) is 1. The van der Waals surface area contributed by atoms with Crippen molar-refractivity contribution in [3.8, 4) is 0 Å². The van der Waals surface area contributed by atoms with E-state index in [4.69, 9.17) is 32.2 Å². The van der Waals surface area contributed by atoms with Crippen LogP contribution >= 0.6 is 12.2 Å². The summed E-state index contributed by atoms with van der Waals surface area (Å²) in [5, 5.41) is 6.83. The molecule has 0 aliphatic carbocycles. The molecule has 2 aliphatic rings. The van der Waals surface area contributed by atoms with Gasteiger partial charge in [-0.2, -0.15) is 0 Å². The second kappa shape index (κ2) is 7.22. The first-order valence-electron chi connectivity index (χ1n) is 7.39. The zero-order valence-corrected chi connectivity index (χ0v) is 13.3. The molecule has 0 radical (unpaired) electrons. The van der Waals surface area contributed by atoms with Crippen molar-refractivity contribution in [3.63, 3.8) is 0 Å². The highest BCUT2D eigenvalue weighted by Gasteiger charge is 2.48. The number of carbonyl (C=O) groups excluding carboxylic acids is 1. The predicted octanol–water partition coefficient (Wildman–Crippen LogP) is 0.00970. The molecule has 2 heterocycles. The summed E-state index contributed by atoms with van der Waals surface area (Å²) in [6.07, 6.45) is -0.662. The number of thiocarbonyl (C=S) groups is 1. The summed E-state index contributed by atoms with van der Waals surface area (Å²) in [6, 6.07) is 9.60. The number of primary amides is 1. The average molecular weight is 337 g/mol. The Labute approximate surface area is 139 Å². The van der Waals surface area contributed by atoms with Crippen molar-refractivity contribution in [3.05, 3.63) is 30.3 Å². The summed E-state index contributed by atoms with van der Waals surface area (Å²) >= 11 is 5.32. The number of amides is 1. The van der Waals surface area contributed by atoms with Crippen LogP contribution < -0.4 is 16.4 Å². The Kier molecular flexibility index (Phi) is 5.06. The molecule has 2 fully saturated rings. The number of rotatable bonds is 5. The molecule has 4 atom stereocenters. The molecule has 4 N–H and O–H groups in total. The summed E-state index contributed by atoms with van der Waals surface area (Å²) in [5.41, 5.74) is 6.00. The van der Waals surface area contributed by atoms with Crippen LogP contribution in [-0.4, -0.2) is 55.2 Å². The SMILES string of the molecule is NC(=O)COC1COC2C(NC(=S)Nc3ccccc3)COC12. The van der Waals surface area contributed by atoms with E-state index in [2.05, 4.69) is 10.6 Å². The maximum absolute atomic E-state index is 10.8. The van der Waals surface area contributed by atoms with E-state index in [0.29, 0.717) is 18.3 Å². The van der Waals surface area contributed by atoms with Crippen LogP contribution in [-0.2, 0) is 19.0 Å². The lowest BCUT2D eigenvalue weighted by Crippen LogP contribution is -2.46. The number of para-hydroxylation sites is 1. The van der Waals surface area contributed by atoms with Gasteiger partial charge in [-0.3, -0.25) is 4.79 Å². The molecule has 2 aliphatic heterocycles. The molecule has 4 unspecified atom stereocenters. The standard InChI is InChI=1S/C15H19N3O4S/c16-12(19)8-20-11-7-22-13-10(6-21-14(11)13)18-15(23)17-9-4-2-1-3-5-9/h1-5,10-11,13-14H,6-8H2,(H2,16,19)(H2,17,18,23). The number of hydrogen-bond acceptors (Lipinski definition) is 5. The number of fused-ring (bicyclic) bond motifs is 1. The summed E-state index contributed by atoms with van der Waals surface area (Å²) < 4.78 is 16.9. The highest BCUT2D eigenvalue weighted by Crippen LogP contribution is 2.28. The van der Waals surface area contributed by atoms with Gasteiger partial charge in [0.15, 0.2) is 5.11 Å². The lowest BCUT2D eigenvalue weighted by atomic mass is 10.1. The van der Waals surface area contributed by atoms with Crippen LogP contribution in [0.25, 0.3) is 0 Å². The number of benzene rings is 1. The number of ether oxygens (including phenoxy) is 3. The third kappa shape index (κ3) is 3.97. The van der Waals surface area contributed by atoms with E-state index in [1.165, 1.54) is 0 Å². The average Bonchev–Trinajstić information content (AvgIpc) is 3.09. The first kappa shape index (κ1) is 16.1. The lowest BCUT2D eigenvalue weighted by molar-refractivity contribution is -0.126. The highest BCUT2D eigenvalue weighted by molar-refractivity contribution is 7.80. The molecule has 0 spiro atoms. The van der Waals surface area contributed by atoms with E-state index >= 15 is 0 Å². The first-order chi connectivity index (χ1) is 11.1. The van der Waals surface area contributed by atoms with Gasteiger partial charge in [0, 0.05) is 5.69 Å². The Bertz CT molecular complexity index is 571. The Morgan fingerprint density at radius 3 is 2.74 bits per heavy atom. The third-order valence-electron chi connectivity index (χ3n) is 3.80. The predicted molar refractivity (Wildman–Crippen MR) is 88.0 cm³/mol. The molecule has 7 nitrogen and oxygen atoms in total. The van der Waals surface area contributed by atoms with Crippen LogP contribution in [0.15, 0.2) is 30.3 Å². The fourth-order valence-electron chi connectivity index (χ4n) is 2.78. The smallest absolute Gasteiger partial charge is 0.243 e. The summed E-state index contributed by atoms with van der Waals surface area (Å²) in [6.45, 7) is 0.703. The molecule has 0 saturated carbocycles. The first-order valence-corrected chi connectivity index (χ1v) is 7.80. The topological polar surface area (TPSA) is 94.8 Å². The van der Waals surface area contributed by atoms with Gasteiger partial charge >= 0.3 is 0 Å². The van der Waals surface area contributed by atoms with Gasteiger partial charge < -0.3 is 30.6 Å². The normalized spacial score (nSPS) is 29.0. The molecule has 2 saturated heterocycles. The zero-order chi connectivity index (χ0) is 16.2. The van der Waals surface area contributed by atoms with Crippen molar-refractivity contribution in [2.24, 2.45) is 5.73 Å².